The molecule has 0 fully saturated rings. The van der Waals surface area contributed by atoms with Crippen LogP contribution in [0.5, 0.6) is 5.75 Å². The first-order valence-electron chi connectivity index (χ1n) is 6.62. The van der Waals surface area contributed by atoms with E-state index in [1.165, 1.54) is 13.1 Å². The molecular weight excluding hydrogens is 285 g/mol. The SMILES string of the molecule is CCCNCc1ccc(OCC(=O)NC)c(C(F)(F)F)c1. The van der Waals surface area contributed by atoms with E-state index in [-0.39, 0.29) is 5.75 Å². The molecular formula is C14H19F3N2O2. The van der Waals surface area contributed by atoms with E-state index < -0.39 is 24.3 Å². The van der Waals surface area contributed by atoms with Gasteiger partial charge in [-0.2, -0.15) is 13.2 Å². The maximum atomic E-state index is 13.0. The predicted molar refractivity (Wildman–Crippen MR) is 73.0 cm³/mol. The van der Waals surface area contributed by atoms with E-state index in [9.17, 15) is 18.0 Å². The molecule has 0 aliphatic carbocycles. The van der Waals surface area contributed by atoms with Gasteiger partial charge in [0.05, 0.1) is 5.56 Å². The van der Waals surface area contributed by atoms with Gasteiger partial charge in [0.2, 0.25) is 0 Å². The summed E-state index contributed by atoms with van der Waals surface area (Å²) in [4.78, 5) is 11.1. The third kappa shape index (κ3) is 5.63. The van der Waals surface area contributed by atoms with Gasteiger partial charge >= 0.3 is 6.18 Å². The fraction of sp³-hybridized carbons (Fsp3) is 0.500. The standard InChI is InChI=1S/C14H19F3N2O2/c1-3-6-19-8-10-4-5-12(21-9-13(20)18-2)11(7-10)14(15,16)17/h4-5,7,19H,3,6,8-9H2,1-2H3,(H,18,20). The number of likely N-dealkylation sites (N-methyl/N-ethyl adjacent to an activating group) is 1. The molecule has 21 heavy (non-hydrogen) atoms. The lowest BCUT2D eigenvalue weighted by Gasteiger charge is -2.15. The average molecular weight is 304 g/mol. The van der Waals surface area contributed by atoms with E-state index in [1.54, 1.807) is 6.07 Å². The summed E-state index contributed by atoms with van der Waals surface area (Å²) >= 11 is 0. The van der Waals surface area contributed by atoms with Gasteiger partial charge in [0.25, 0.3) is 5.91 Å². The summed E-state index contributed by atoms with van der Waals surface area (Å²) in [5, 5.41) is 5.32. The molecule has 7 heteroatoms. The number of rotatable bonds is 7. The maximum absolute atomic E-state index is 13.0. The molecule has 0 bridgehead atoms. The number of carbonyl (C=O) groups excluding carboxylic acids is 1. The second kappa shape index (κ2) is 7.87. The van der Waals surface area contributed by atoms with Gasteiger partial charge in [0.1, 0.15) is 5.75 Å². The van der Waals surface area contributed by atoms with Gasteiger partial charge in [-0.05, 0) is 30.7 Å². The van der Waals surface area contributed by atoms with Crippen LogP contribution in [0.4, 0.5) is 13.2 Å². The van der Waals surface area contributed by atoms with E-state index in [1.807, 2.05) is 6.92 Å². The first-order valence-corrected chi connectivity index (χ1v) is 6.62. The Balaban J connectivity index is 2.89. The monoisotopic (exact) mass is 304 g/mol. The largest absolute Gasteiger partial charge is 0.483 e. The number of hydrogen-bond acceptors (Lipinski definition) is 3. The smallest absolute Gasteiger partial charge is 0.419 e. The fourth-order valence-corrected chi connectivity index (χ4v) is 1.66. The number of nitrogens with one attached hydrogen (secondary N) is 2. The zero-order chi connectivity index (χ0) is 15.9. The molecule has 0 heterocycles. The highest BCUT2D eigenvalue weighted by atomic mass is 19.4. The second-order valence-corrected chi connectivity index (χ2v) is 4.47. The van der Waals surface area contributed by atoms with Gasteiger partial charge in [0.15, 0.2) is 6.61 Å². The summed E-state index contributed by atoms with van der Waals surface area (Å²) < 4.78 is 44.0. The van der Waals surface area contributed by atoms with Crippen molar-refractivity contribution in [1.29, 1.82) is 0 Å². The summed E-state index contributed by atoms with van der Waals surface area (Å²) in [6, 6.07) is 3.84. The lowest BCUT2D eigenvalue weighted by molar-refractivity contribution is -0.139. The zero-order valence-corrected chi connectivity index (χ0v) is 12.0. The Labute approximate surface area is 121 Å². The molecule has 0 spiro atoms. The van der Waals surface area contributed by atoms with Crippen molar-refractivity contribution in [3.05, 3.63) is 29.3 Å². The molecule has 0 aromatic heterocycles. The van der Waals surface area contributed by atoms with E-state index in [0.29, 0.717) is 12.1 Å². The lowest BCUT2D eigenvalue weighted by atomic mass is 10.1. The van der Waals surface area contributed by atoms with E-state index in [0.717, 1.165) is 19.0 Å². The molecule has 0 unspecified atom stereocenters. The summed E-state index contributed by atoms with van der Waals surface area (Å²) in [5.41, 5.74) is -0.356. The van der Waals surface area contributed by atoms with Crippen molar-refractivity contribution in [2.75, 3.05) is 20.2 Å². The first-order chi connectivity index (χ1) is 9.88. The van der Waals surface area contributed by atoms with Crippen molar-refractivity contribution >= 4 is 5.91 Å². The summed E-state index contributed by atoms with van der Waals surface area (Å²) in [5.74, 6) is -0.831. The highest BCUT2D eigenvalue weighted by molar-refractivity contribution is 5.77. The number of halogens is 3. The normalized spacial score (nSPS) is 11.3. The molecule has 1 aromatic carbocycles. The number of ether oxygens (including phenoxy) is 1. The Morgan fingerprint density at radius 1 is 1.33 bits per heavy atom. The summed E-state index contributed by atoms with van der Waals surface area (Å²) in [6.07, 6.45) is -3.63. The van der Waals surface area contributed by atoms with Crippen LogP contribution in [0.2, 0.25) is 0 Å². The van der Waals surface area contributed by atoms with Gasteiger partial charge < -0.3 is 15.4 Å². The minimum Gasteiger partial charge on any atom is -0.483 e. The number of carbonyl (C=O) groups is 1. The average Bonchev–Trinajstić information content (AvgIpc) is 2.44. The molecule has 1 aromatic rings. The first kappa shape index (κ1) is 17.3. The van der Waals surface area contributed by atoms with E-state index >= 15 is 0 Å². The van der Waals surface area contributed by atoms with Crippen molar-refractivity contribution in [2.24, 2.45) is 0 Å². The van der Waals surface area contributed by atoms with Crippen LogP contribution >= 0.6 is 0 Å². The summed E-state index contributed by atoms with van der Waals surface area (Å²) in [6.45, 7) is 2.61. The van der Waals surface area contributed by atoms with Crippen molar-refractivity contribution in [3.63, 3.8) is 0 Å². The highest BCUT2D eigenvalue weighted by Crippen LogP contribution is 2.36. The molecule has 4 nitrogen and oxygen atoms in total. The molecule has 0 atom stereocenters. The topological polar surface area (TPSA) is 50.4 Å². The predicted octanol–water partition coefficient (Wildman–Crippen LogP) is 2.33. The van der Waals surface area contributed by atoms with Crippen LogP contribution < -0.4 is 15.4 Å². The van der Waals surface area contributed by atoms with Gasteiger partial charge in [-0.3, -0.25) is 4.79 Å². The number of hydrogen-bond donors (Lipinski definition) is 2. The Hall–Kier alpha value is -1.76. The van der Waals surface area contributed by atoms with Crippen LogP contribution in [0.25, 0.3) is 0 Å². The van der Waals surface area contributed by atoms with Crippen LogP contribution in [0, 0.1) is 0 Å². The molecule has 0 radical (unpaired) electrons. The van der Waals surface area contributed by atoms with Gasteiger partial charge in [-0.15, -0.1) is 0 Å². The van der Waals surface area contributed by atoms with Crippen molar-refractivity contribution in [1.82, 2.24) is 10.6 Å². The van der Waals surface area contributed by atoms with Crippen molar-refractivity contribution in [2.45, 2.75) is 26.1 Å². The Kier molecular flexibility index (Phi) is 6.48. The Morgan fingerprint density at radius 2 is 2.05 bits per heavy atom. The fourth-order valence-electron chi connectivity index (χ4n) is 1.66. The number of amides is 1. The molecule has 0 aliphatic heterocycles. The van der Waals surface area contributed by atoms with E-state index in [4.69, 9.17) is 4.74 Å². The minimum atomic E-state index is -4.53. The van der Waals surface area contributed by atoms with Crippen LogP contribution in [-0.2, 0) is 17.5 Å². The molecule has 118 valence electrons. The molecule has 2 N–H and O–H groups in total. The molecule has 1 rings (SSSR count). The number of benzene rings is 1. The van der Waals surface area contributed by atoms with Crippen LogP contribution in [0.1, 0.15) is 24.5 Å². The van der Waals surface area contributed by atoms with Crippen molar-refractivity contribution < 1.29 is 22.7 Å². The van der Waals surface area contributed by atoms with Gasteiger partial charge in [-0.25, -0.2) is 0 Å². The Morgan fingerprint density at radius 3 is 2.62 bits per heavy atom. The van der Waals surface area contributed by atoms with Crippen LogP contribution in [0.3, 0.4) is 0 Å². The molecule has 0 aliphatic rings. The third-order valence-electron chi connectivity index (χ3n) is 2.74. The van der Waals surface area contributed by atoms with Gasteiger partial charge in [0, 0.05) is 13.6 Å². The number of alkyl halides is 3. The minimum absolute atomic E-state index is 0.342. The lowest BCUT2D eigenvalue weighted by Crippen LogP contribution is -2.25. The Bertz CT molecular complexity index is 476. The molecule has 0 saturated carbocycles. The second-order valence-electron chi connectivity index (χ2n) is 4.47. The van der Waals surface area contributed by atoms with E-state index in [2.05, 4.69) is 10.6 Å². The maximum Gasteiger partial charge on any atom is 0.419 e. The van der Waals surface area contributed by atoms with Crippen LogP contribution in [-0.4, -0.2) is 26.1 Å². The quantitative estimate of drug-likeness (QED) is 0.760. The highest BCUT2D eigenvalue weighted by Gasteiger charge is 2.34. The molecule has 0 saturated heterocycles. The summed E-state index contributed by atoms with van der Waals surface area (Å²) in [7, 11) is 1.39. The van der Waals surface area contributed by atoms with Gasteiger partial charge in [-0.1, -0.05) is 13.0 Å². The van der Waals surface area contributed by atoms with Crippen LogP contribution in [0.15, 0.2) is 18.2 Å². The van der Waals surface area contributed by atoms with Crippen molar-refractivity contribution in [3.8, 4) is 5.75 Å². The zero-order valence-electron chi connectivity index (χ0n) is 12.0. The molecule has 1 amide bonds. The third-order valence-corrected chi connectivity index (χ3v) is 2.74.